The van der Waals surface area contributed by atoms with Crippen LogP contribution in [0.3, 0.4) is 0 Å². The topological polar surface area (TPSA) is 52.6 Å². The van der Waals surface area contributed by atoms with Gasteiger partial charge in [-0.1, -0.05) is 13.8 Å². The zero-order chi connectivity index (χ0) is 12.2. The molecule has 1 saturated heterocycles. The van der Waals surface area contributed by atoms with Crippen LogP contribution in [0.1, 0.15) is 40.5 Å². The summed E-state index contributed by atoms with van der Waals surface area (Å²) < 4.78 is 10.4. The molecule has 1 aliphatic carbocycles. The molecule has 2 bridgehead atoms. The third-order valence-electron chi connectivity index (χ3n) is 4.69. The monoisotopic (exact) mass is 226 g/mol. The first-order valence-electron chi connectivity index (χ1n) is 5.72. The lowest BCUT2D eigenvalue weighted by Gasteiger charge is -2.34. The lowest BCUT2D eigenvalue weighted by atomic mass is 9.66. The fourth-order valence-electron chi connectivity index (χ4n) is 2.95. The van der Waals surface area contributed by atoms with Gasteiger partial charge in [0.25, 0.3) is 0 Å². The van der Waals surface area contributed by atoms with Gasteiger partial charge in [0.1, 0.15) is 0 Å². The molecule has 0 aromatic carbocycles. The minimum atomic E-state index is -1.06. The Bertz CT molecular complexity index is 360. The maximum Gasteiger partial charge on any atom is 0.351 e. The number of hydrogen-bond donors (Lipinski definition) is 0. The molecule has 2 aliphatic rings. The third kappa shape index (κ3) is 0.955. The Morgan fingerprint density at radius 3 is 2.38 bits per heavy atom. The number of fused-ring (bicyclic) bond motifs is 2. The van der Waals surface area contributed by atoms with Crippen LogP contribution < -0.4 is 0 Å². The van der Waals surface area contributed by atoms with Gasteiger partial charge < -0.3 is 9.47 Å². The second kappa shape index (κ2) is 2.99. The van der Waals surface area contributed by atoms with Crippen molar-refractivity contribution in [1.29, 1.82) is 0 Å². The predicted octanol–water partition coefficient (Wildman–Crippen LogP) is 1.67. The molecule has 90 valence electrons. The molecule has 1 heterocycles. The van der Waals surface area contributed by atoms with Crippen molar-refractivity contribution in [2.45, 2.75) is 46.1 Å². The number of carbonyl (C=O) groups excluding carboxylic acids is 2. The average molecular weight is 226 g/mol. The highest BCUT2D eigenvalue weighted by Crippen LogP contribution is 2.65. The summed E-state index contributed by atoms with van der Waals surface area (Å²) in [5.74, 6) is -0.661. The van der Waals surface area contributed by atoms with E-state index >= 15 is 0 Å². The van der Waals surface area contributed by atoms with Crippen molar-refractivity contribution < 1.29 is 19.1 Å². The van der Waals surface area contributed by atoms with Gasteiger partial charge in [-0.25, -0.2) is 4.79 Å². The zero-order valence-corrected chi connectivity index (χ0v) is 10.3. The number of hydrogen-bond acceptors (Lipinski definition) is 4. The van der Waals surface area contributed by atoms with E-state index in [0.29, 0.717) is 19.4 Å². The molecule has 0 spiro atoms. The smallest absolute Gasteiger partial charge is 0.351 e. The Morgan fingerprint density at radius 2 is 2.00 bits per heavy atom. The lowest BCUT2D eigenvalue weighted by Crippen LogP contribution is -2.48. The molecule has 0 aromatic rings. The molecule has 0 aromatic heterocycles. The number of ether oxygens (including phenoxy) is 2. The molecule has 4 nitrogen and oxygen atoms in total. The molecule has 1 aliphatic heterocycles. The lowest BCUT2D eigenvalue weighted by molar-refractivity contribution is -0.182. The van der Waals surface area contributed by atoms with Gasteiger partial charge in [0.05, 0.1) is 12.0 Å². The van der Waals surface area contributed by atoms with Crippen molar-refractivity contribution in [1.82, 2.24) is 0 Å². The molecular weight excluding hydrogens is 208 g/mol. The fourth-order valence-corrected chi connectivity index (χ4v) is 2.95. The summed E-state index contributed by atoms with van der Waals surface area (Å²) in [6.07, 6.45) is 1.26. The van der Waals surface area contributed by atoms with Crippen LogP contribution in [-0.2, 0) is 19.1 Å². The summed E-state index contributed by atoms with van der Waals surface area (Å²) in [6.45, 7) is 7.78. The first kappa shape index (κ1) is 11.4. The molecule has 2 fully saturated rings. The number of carbonyl (C=O) groups is 2. The van der Waals surface area contributed by atoms with Crippen molar-refractivity contribution >= 4 is 11.9 Å². The van der Waals surface area contributed by atoms with E-state index in [-0.39, 0.29) is 5.97 Å². The van der Waals surface area contributed by atoms with Crippen molar-refractivity contribution in [3.8, 4) is 0 Å². The van der Waals surface area contributed by atoms with Crippen LogP contribution in [0.5, 0.6) is 0 Å². The Balaban J connectivity index is 2.44. The minimum absolute atomic E-state index is 0.267. The predicted molar refractivity (Wildman–Crippen MR) is 56.6 cm³/mol. The number of esters is 2. The van der Waals surface area contributed by atoms with Crippen molar-refractivity contribution in [2.24, 2.45) is 10.8 Å². The van der Waals surface area contributed by atoms with Gasteiger partial charge in [-0.2, -0.15) is 0 Å². The Kier molecular flexibility index (Phi) is 2.14. The zero-order valence-electron chi connectivity index (χ0n) is 10.3. The summed E-state index contributed by atoms with van der Waals surface area (Å²) in [6, 6.07) is 0. The van der Waals surface area contributed by atoms with Crippen molar-refractivity contribution in [3.63, 3.8) is 0 Å². The van der Waals surface area contributed by atoms with Crippen LogP contribution in [0.2, 0.25) is 0 Å². The van der Waals surface area contributed by atoms with Crippen LogP contribution in [0.15, 0.2) is 0 Å². The van der Waals surface area contributed by atoms with E-state index in [1.807, 2.05) is 20.8 Å². The highest BCUT2D eigenvalue weighted by Gasteiger charge is 2.76. The normalized spacial score (nSPS) is 39.6. The molecule has 16 heavy (non-hydrogen) atoms. The summed E-state index contributed by atoms with van der Waals surface area (Å²) in [7, 11) is 0. The summed E-state index contributed by atoms with van der Waals surface area (Å²) in [5, 5.41) is 0. The largest absolute Gasteiger partial charge is 0.463 e. The van der Waals surface area contributed by atoms with Crippen LogP contribution >= 0.6 is 0 Å². The fraction of sp³-hybridized carbons (Fsp3) is 0.833. The SMILES string of the molecule is CCOC(=O)C12CCC(C)(C(=O)O1)C2(C)C. The molecule has 1 saturated carbocycles. The van der Waals surface area contributed by atoms with Gasteiger partial charge in [0.2, 0.25) is 5.60 Å². The second-order valence-electron chi connectivity index (χ2n) is 5.39. The van der Waals surface area contributed by atoms with Crippen LogP contribution in [0.4, 0.5) is 0 Å². The Labute approximate surface area is 95.3 Å². The molecule has 0 N–H and O–H groups in total. The van der Waals surface area contributed by atoms with E-state index in [1.54, 1.807) is 6.92 Å². The van der Waals surface area contributed by atoms with Gasteiger partial charge in [-0.15, -0.1) is 0 Å². The summed E-state index contributed by atoms with van der Waals surface area (Å²) >= 11 is 0. The van der Waals surface area contributed by atoms with Crippen molar-refractivity contribution in [3.05, 3.63) is 0 Å². The highest BCUT2D eigenvalue weighted by molar-refractivity contribution is 5.93. The van der Waals surface area contributed by atoms with Gasteiger partial charge in [-0.05, 0) is 26.7 Å². The first-order valence-corrected chi connectivity index (χ1v) is 5.72. The van der Waals surface area contributed by atoms with Gasteiger partial charge >= 0.3 is 11.9 Å². The Morgan fingerprint density at radius 1 is 1.38 bits per heavy atom. The standard InChI is InChI=1S/C12H18O4/c1-5-15-9(14)12-7-6-11(4,8(13)16-12)10(12,2)3/h5-7H2,1-4H3. The quantitative estimate of drug-likeness (QED) is 0.672. The molecule has 0 radical (unpaired) electrons. The summed E-state index contributed by atoms with van der Waals surface area (Å²) in [4.78, 5) is 23.9. The second-order valence-corrected chi connectivity index (χ2v) is 5.39. The van der Waals surface area contributed by atoms with Crippen molar-refractivity contribution in [2.75, 3.05) is 6.61 Å². The van der Waals surface area contributed by atoms with Gasteiger partial charge in [-0.3, -0.25) is 4.79 Å². The molecule has 2 atom stereocenters. The maximum absolute atomic E-state index is 12.0. The van der Waals surface area contributed by atoms with E-state index < -0.39 is 22.4 Å². The molecule has 4 heteroatoms. The average Bonchev–Trinajstić information content (AvgIpc) is 2.48. The third-order valence-corrected chi connectivity index (χ3v) is 4.69. The first-order chi connectivity index (χ1) is 7.32. The van der Waals surface area contributed by atoms with E-state index in [4.69, 9.17) is 9.47 Å². The van der Waals surface area contributed by atoms with Crippen LogP contribution in [0, 0.1) is 10.8 Å². The Hall–Kier alpha value is -1.06. The molecule has 0 amide bonds. The van der Waals surface area contributed by atoms with Crippen LogP contribution in [-0.4, -0.2) is 24.1 Å². The number of rotatable bonds is 2. The van der Waals surface area contributed by atoms with E-state index in [0.717, 1.165) is 0 Å². The molecular formula is C12H18O4. The highest BCUT2D eigenvalue weighted by atomic mass is 16.6. The maximum atomic E-state index is 12.0. The van der Waals surface area contributed by atoms with Gasteiger partial charge in [0, 0.05) is 5.41 Å². The van der Waals surface area contributed by atoms with E-state index in [2.05, 4.69) is 0 Å². The van der Waals surface area contributed by atoms with E-state index in [9.17, 15) is 9.59 Å². The van der Waals surface area contributed by atoms with E-state index in [1.165, 1.54) is 0 Å². The van der Waals surface area contributed by atoms with Gasteiger partial charge in [0.15, 0.2) is 0 Å². The van der Waals surface area contributed by atoms with Crippen LogP contribution in [0.25, 0.3) is 0 Å². The molecule has 2 rings (SSSR count). The minimum Gasteiger partial charge on any atom is -0.463 e. The summed E-state index contributed by atoms with van der Waals surface area (Å²) in [5.41, 5.74) is -2.11. The molecule has 2 unspecified atom stereocenters.